The number of ether oxygens (including phenoxy) is 2. The van der Waals surface area contributed by atoms with Crippen molar-refractivity contribution in [1.29, 1.82) is 0 Å². The molecule has 0 amide bonds. The molecule has 0 atom stereocenters. The topological polar surface area (TPSA) is 83.3 Å². The summed E-state index contributed by atoms with van der Waals surface area (Å²) in [4.78, 5) is 27.9. The molecule has 0 radical (unpaired) electrons. The van der Waals surface area contributed by atoms with Gasteiger partial charge in [-0.15, -0.1) is 5.10 Å². The second-order valence-electron chi connectivity index (χ2n) is 4.14. The van der Waals surface area contributed by atoms with Gasteiger partial charge < -0.3 is 9.47 Å². The van der Waals surface area contributed by atoms with Crippen LogP contribution in [0.3, 0.4) is 0 Å². The molecule has 0 unspecified atom stereocenters. The summed E-state index contributed by atoms with van der Waals surface area (Å²) in [6.07, 6.45) is 0. The molecular weight excluding hydrogens is 274 g/mol. The number of esters is 1. The zero-order chi connectivity index (χ0) is 15.4. The summed E-state index contributed by atoms with van der Waals surface area (Å²) in [5.74, 6) is 0.201. The number of methoxy groups -OCH3 is 1. The molecule has 1 aromatic carbocycles. The Balaban J connectivity index is 2.53. The van der Waals surface area contributed by atoms with Gasteiger partial charge in [-0.25, -0.2) is 9.78 Å². The van der Waals surface area contributed by atoms with Crippen LogP contribution in [0.15, 0.2) is 29.1 Å². The molecule has 0 saturated heterocycles. The Morgan fingerprint density at radius 1 is 1.29 bits per heavy atom. The van der Waals surface area contributed by atoms with Crippen molar-refractivity contribution in [2.75, 3.05) is 13.7 Å². The molecule has 2 aromatic rings. The molecule has 1 heterocycles. The van der Waals surface area contributed by atoms with Crippen LogP contribution >= 0.6 is 0 Å². The van der Waals surface area contributed by atoms with Crippen LogP contribution in [0.4, 0.5) is 0 Å². The summed E-state index contributed by atoms with van der Waals surface area (Å²) >= 11 is 0. The van der Waals surface area contributed by atoms with Crippen molar-refractivity contribution in [1.82, 2.24) is 14.8 Å². The van der Waals surface area contributed by atoms with Crippen molar-refractivity contribution in [3.63, 3.8) is 0 Å². The summed E-state index contributed by atoms with van der Waals surface area (Å²) in [6.45, 7) is 3.43. The number of nitrogens with zero attached hydrogens (tertiary/aromatic N) is 3. The van der Waals surface area contributed by atoms with Gasteiger partial charge in [0.2, 0.25) is 5.69 Å². The Morgan fingerprint density at radius 2 is 1.95 bits per heavy atom. The van der Waals surface area contributed by atoms with Crippen LogP contribution in [0, 0.1) is 6.92 Å². The normalized spacial score (nSPS) is 10.2. The number of aryl methyl sites for hydroxylation is 1. The summed E-state index contributed by atoms with van der Waals surface area (Å²) < 4.78 is 11.0. The number of aromatic nitrogens is 3. The number of benzene rings is 1. The van der Waals surface area contributed by atoms with Gasteiger partial charge in [0.05, 0.1) is 19.4 Å². The number of hydrogen-bond donors (Lipinski definition) is 0. The zero-order valence-corrected chi connectivity index (χ0v) is 12.0. The van der Waals surface area contributed by atoms with E-state index < -0.39 is 11.5 Å². The number of hydrogen-bond acceptors (Lipinski definition) is 6. The summed E-state index contributed by atoms with van der Waals surface area (Å²) in [5, 5.41) is 4.05. The molecule has 110 valence electrons. The fraction of sp³-hybridized carbons (Fsp3) is 0.286. The Bertz CT molecular complexity index is 707. The van der Waals surface area contributed by atoms with Gasteiger partial charge in [0, 0.05) is 0 Å². The Hall–Kier alpha value is -2.70. The SMILES string of the molecule is CCOC(=O)c1nc(C)nn(-c2ccc(OC)cc2)c1=O. The quantitative estimate of drug-likeness (QED) is 0.784. The highest BCUT2D eigenvalue weighted by Crippen LogP contribution is 2.13. The Labute approximate surface area is 121 Å². The van der Waals surface area contributed by atoms with Gasteiger partial charge in [-0.3, -0.25) is 4.79 Å². The van der Waals surface area contributed by atoms with E-state index in [0.29, 0.717) is 17.3 Å². The Kier molecular flexibility index (Phi) is 4.32. The minimum atomic E-state index is -0.754. The summed E-state index contributed by atoms with van der Waals surface area (Å²) in [5.41, 5.74) is -0.388. The van der Waals surface area contributed by atoms with E-state index in [0.717, 1.165) is 4.68 Å². The van der Waals surface area contributed by atoms with Gasteiger partial charge in [-0.1, -0.05) is 0 Å². The first-order valence-corrected chi connectivity index (χ1v) is 6.36. The largest absolute Gasteiger partial charge is 0.497 e. The van der Waals surface area contributed by atoms with E-state index in [1.807, 2.05) is 0 Å². The van der Waals surface area contributed by atoms with E-state index in [4.69, 9.17) is 9.47 Å². The van der Waals surface area contributed by atoms with Gasteiger partial charge in [0.1, 0.15) is 11.6 Å². The highest BCUT2D eigenvalue weighted by Gasteiger charge is 2.18. The predicted molar refractivity (Wildman–Crippen MR) is 74.9 cm³/mol. The van der Waals surface area contributed by atoms with E-state index in [1.165, 1.54) is 0 Å². The van der Waals surface area contributed by atoms with Crippen molar-refractivity contribution in [3.05, 3.63) is 46.1 Å². The maximum absolute atomic E-state index is 12.3. The lowest BCUT2D eigenvalue weighted by molar-refractivity contribution is 0.0515. The first-order chi connectivity index (χ1) is 10.1. The van der Waals surface area contributed by atoms with Crippen LogP contribution < -0.4 is 10.3 Å². The van der Waals surface area contributed by atoms with Crippen LogP contribution in [0.5, 0.6) is 5.75 Å². The Morgan fingerprint density at radius 3 is 2.52 bits per heavy atom. The van der Waals surface area contributed by atoms with E-state index in [9.17, 15) is 9.59 Å². The number of carbonyl (C=O) groups is 1. The molecular formula is C14H15N3O4. The standard InChI is InChI=1S/C14H15N3O4/c1-4-21-14(19)12-13(18)17(16-9(2)15-12)10-5-7-11(20-3)8-6-10/h5-8H,4H2,1-3H3. The third kappa shape index (κ3) is 3.07. The lowest BCUT2D eigenvalue weighted by atomic mass is 10.3. The zero-order valence-electron chi connectivity index (χ0n) is 12.0. The third-order valence-corrected chi connectivity index (χ3v) is 2.70. The van der Waals surface area contributed by atoms with Gasteiger partial charge in [-0.2, -0.15) is 4.68 Å². The highest BCUT2D eigenvalue weighted by molar-refractivity contribution is 5.86. The van der Waals surface area contributed by atoms with Crippen LogP contribution in [0.2, 0.25) is 0 Å². The van der Waals surface area contributed by atoms with Crippen molar-refractivity contribution >= 4 is 5.97 Å². The van der Waals surface area contributed by atoms with E-state index >= 15 is 0 Å². The lowest BCUT2D eigenvalue weighted by Crippen LogP contribution is -2.31. The van der Waals surface area contributed by atoms with E-state index in [1.54, 1.807) is 45.2 Å². The molecule has 0 saturated carbocycles. The molecule has 0 aliphatic carbocycles. The fourth-order valence-electron chi connectivity index (χ4n) is 1.75. The van der Waals surface area contributed by atoms with E-state index in [-0.39, 0.29) is 12.3 Å². The minimum absolute atomic E-state index is 0.170. The minimum Gasteiger partial charge on any atom is -0.497 e. The molecule has 0 aliphatic rings. The molecule has 0 bridgehead atoms. The number of rotatable bonds is 4. The van der Waals surface area contributed by atoms with Gasteiger partial charge in [0.25, 0.3) is 0 Å². The van der Waals surface area contributed by atoms with Gasteiger partial charge in [-0.05, 0) is 38.1 Å². The van der Waals surface area contributed by atoms with Gasteiger partial charge in [0.15, 0.2) is 0 Å². The highest BCUT2D eigenvalue weighted by atomic mass is 16.5. The molecule has 0 spiro atoms. The fourth-order valence-corrected chi connectivity index (χ4v) is 1.75. The molecule has 7 nitrogen and oxygen atoms in total. The maximum Gasteiger partial charge on any atom is 0.362 e. The average Bonchev–Trinajstić information content (AvgIpc) is 2.49. The molecule has 0 aliphatic heterocycles. The third-order valence-electron chi connectivity index (χ3n) is 2.70. The van der Waals surface area contributed by atoms with Crippen LogP contribution in [-0.2, 0) is 4.74 Å². The number of carbonyl (C=O) groups excluding carboxylic acids is 1. The lowest BCUT2D eigenvalue weighted by Gasteiger charge is -2.08. The summed E-state index contributed by atoms with van der Waals surface area (Å²) in [6, 6.07) is 6.73. The van der Waals surface area contributed by atoms with Crippen molar-refractivity contribution in [2.45, 2.75) is 13.8 Å². The maximum atomic E-state index is 12.3. The first kappa shape index (κ1) is 14.7. The molecule has 1 aromatic heterocycles. The van der Waals surface area contributed by atoms with Crippen molar-refractivity contribution < 1.29 is 14.3 Å². The second-order valence-corrected chi connectivity index (χ2v) is 4.14. The molecule has 7 heteroatoms. The van der Waals surface area contributed by atoms with Gasteiger partial charge >= 0.3 is 11.5 Å². The first-order valence-electron chi connectivity index (χ1n) is 6.36. The smallest absolute Gasteiger partial charge is 0.362 e. The van der Waals surface area contributed by atoms with Crippen LogP contribution in [0.25, 0.3) is 5.69 Å². The predicted octanol–water partition coefficient (Wildman–Crippen LogP) is 1.12. The molecule has 0 fully saturated rings. The monoisotopic (exact) mass is 289 g/mol. The summed E-state index contributed by atoms with van der Waals surface area (Å²) in [7, 11) is 1.55. The van der Waals surface area contributed by atoms with Crippen LogP contribution in [0.1, 0.15) is 23.2 Å². The average molecular weight is 289 g/mol. The molecule has 2 rings (SSSR count). The van der Waals surface area contributed by atoms with Crippen molar-refractivity contribution in [2.24, 2.45) is 0 Å². The molecule has 21 heavy (non-hydrogen) atoms. The second kappa shape index (κ2) is 6.17. The van der Waals surface area contributed by atoms with Crippen LogP contribution in [-0.4, -0.2) is 34.5 Å². The molecule has 0 N–H and O–H groups in total. The van der Waals surface area contributed by atoms with E-state index in [2.05, 4.69) is 10.1 Å². The van der Waals surface area contributed by atoms with Crippen molar-refractivity contribution in [3.8, 4) is 11.4 Å².